The van der Waals surface area contributed by atoms with Gasteiger partial charge in [-0.25, -0.2) is 4.39 Å². The van der Waals surface area contributed by atoms with Gasteiger partial charge in [-0.1, -0.05) is 13.8 Å². The number of fused-ring (bicyclic) bond motifs is 1. The summed E-state index contributed by atoms with van der Waals surface area (Å²) in [7, 11) is 1.74. The molecule has 88 valence electrons. The van der Waals surface area contributed by atoms with E-state index < -0.39 is 5.82 Å². The number of aliphatic hydroxyl groups excluding tert-OH is 1. The van der Waals surface area contributed by atoms with Crippen LogP contribution in [0.1, 0.15) is 25.0 Å². The van der Waals surface area contributed by atoms with Crippen LogP contribution in [0, 0.1) is 12.7 Å². The smallest absolute Gasteiger partial charge is 0.157 e. The molecule has 0 atom stereocenters. The lowest BCUT2D eigenvalue weighted by molar-refractivity contribution is 0.275. The fourth-order valence-electron chi connectivity index (χ4n) is 1.61. The first-order valence-electron chi connectivity index (χ1n) is 5.35. The maximum Gasteiger partial charge on any atom is 0.157 e. The molecule has 0 aliphatic carbocycles. The van der Waals surface area contributed by atoms with Crippen LogP contribution in [0.4, 0.5) is 4.39 Å². The molecule has 3 nitrogen and oxygen atoms in total. The molecular formula is C12H17FN2O. The Balaban J connectivity index is 0.000000606. The van der Waals surface area contributed by atoms with E-state index in [0.29, 0.717) is 11.1 Å². The van der Waals surface area contributed by atoms with Crippen molar-refractivity contribution in [1.29, 1.82) is 0 Å². The fraction of sp³-hybridized carbons (Fsp3) is 0.417. The van der Waals surface area contributed by atoms with Gasteiger partial charge in [-0.2, -0.15) is 5.10 Å². The van der Waals surface area contributed by atoms with Gasteiger partial charge >= 0.3 is 0 Å². The Hall–Kier alpha value is -1.42. The van der Waals surface area contributed by atoms with Crippen molar-refractivity contribution in [2.75, 3.05) is 0 Å². The molecule has 0 spiro atoms. The molecule has 0 amide bonds. The van der Waals surface area contributed by atoms with Crippen LogP contribution in [0.2, 0.25) is 0 Å². The minimum Gasteiger partial charge on any atom is -0.392 e. The number of halogens is 1. The van der Waals surface area contributed by atoms with Crippen molar-refractivity contribution < 1.29 is 9.50 Å². The third kappa shape index (κ3) is 2.07. The second kappa shape index (κ2) is 5.07. The highest BCUT2D eigenvalue weighted by Gasteiger charge is 2.12. The van der Waals surface area contributed by atoms with Gasteiger partial charge in [0, 0.05) is 24.2 Å². The van der Waals surface area contributed by atoms with Gasteiger partial charge in [0.25, 0.3) is 0 Å². The van der Waals surface area contributed by atoms with Crippen molar-refractivity contribution >= 4 is 10.9 Å². The van der Waals surface area contributed by atoms with Gasteiger partial charge in [0.2, 0.25) is 0 Å². The van der Waals surface area contributed by atoms with Crippen molar-refractivity contribution in [2.24, 2.45) is 7.05 Å². The Bertz CT molecular complexity index is 491. The highest BCUT2D eigenvalue weighted by molar-refractivity contribution is 5.80. The maximum atomic E-state index is 13.7. The largest absolute Gasteiger partial charge is 0.392 e. The molecule has 0 saturated heterocycles. The molecule has 0 unspecified atom stereocenters. The second-order valence-electron chi connectivity index (χ2n) is 3.38. The van der Waals surface area contributed by atoms with Crippen LogP contribution in [-0.4, -0.2) is 14.9 Å². The van der Waals surface area contributed by atoms with Crippen molar-refractivity contribution in [1.82, 2.24) is 9.78 Å². The molecule has 1 N–H and O–H groups in total. The van der Waals surface area contributed by atoms with Gasteiger partial charge in [0.1, 0.15) is 5.52 Å². The maximum absolute atomic E-state index is 13.7. The molecule has 0 fully saturated rings. The lowest BCUT2D eigenvalue weighted by Crippen LogP contribution is -1.95. The Labute approximate surface area is 94.5 Å². The van der Waals surface area contributed by atoms with Gasteiger partial charge in [-0.05, 0) is 18.6 Å². The normalized spacial score (nSPS) is 10.1. The molecule has 0 radical (unpaired) electrons. The lowest BCUT2D eigenvalue weighted by Gasteiger charge is -2.03. The first kappa shape index (κ1) is 12.6. The van der Waals surface area contributed by atoms with Crippen LogP contribution >= 0.6 is 0 Å². The molecule has 4 heteroatoms. The molecule has 0 bridgehead atoms. The predicted molar refractivity (Wildman–Crippen MR) is 62.7 cm³/mol. The second-order valence-corrected chi connectivity index (χ2v) is 3.38. The van der Waals surface area contributed by atoms with E-state index in [1.807, 2.05) is 19.9 Å². The van der Waals surface area contributed by atoms with Crippen molar-refractivity contribution in [3.63, 3.8) is 0 Å². The summed E-state index contributed by atoms with van der Waals surface area (Å²) in [5.74, 6) is -0.414. The molecule has 0 aliphatic heterocycles. The monoisotopic (exact) mass is 224 g/mol. The summed E-state index contributed by atoms with van der Waals surface area (Å²) in [5.41, 5.74) is 1.41. The summed E-state index contributed by atoms with van der Waals surface area (Å²) < 4.78 is 15.3. The van der Waals surface area contributed by atoms with Gasteiger partial charge in [-0.15, -0.1) is 0 Å². The standard InChI is InChI=1S/C10H11FN2O.C2H6/c1-6-3-7-4-13(2)12-10(7)9(11)8(6)5-14;1-2/h3-4,14H,5H2,1-2H3;1-2H3. The Kier molecular flexibility index (Phi) is 4.01. The third-order valence-corrected chi connectivity index (χ3v) is 2.34. The zero-order chi connectivity index (χ0) is 12.3. The Morgan fingerprint density at radius 3 is 2.62 bits per heavy atom. The third-order valence-electron chi connectivity index (χ3n) is 2.34. The van der Waals surface area contributed by atoms with Gasteiger partial charge in [0.15, 0.2) is 5.82 Å². The number of aromatic nitrogens is 2. The highest BCUT2D eigenvalue weighted by atomic mass is 19.1. The van der Waals surface area contributed by atoms with Gasteiger partial charge < -0.3 is 5.11 Å². The lowest BCUT2D eigenvalue weighted by atomic mass is 10.1. The topological polar surface area (TPSA) is 38.0 Å². The number of hydrogen-bond acceptors (Lipinski definition) is 2. The molecule has 1 heterocycles. The number of rotatable bonds is 1. The highest BCUT2D eigenvalue weighted by Crippen LogP contribution is 2.22. The average molecular weight is 224 g/mol. The minimum absolute atomic E-state index is 0.288. The molecule has 2 aromatic rings. The summed E-state index contributed by atoms with van der Waals surface area (Å²) >= 11 is 0. The van der Waals surface area contributed by atoms with E-state index in [0.717, 1.165) is 10.9 Å². The minimum atomic E-state index is -0.414. The fourth-order valence-corrected chi connectivity index (χ4v) is 1.61. The quantitative estimate of drug-likeness (QED) is 0.808. The van der Waals surface area contributed by atoms with E-state index in [2.05, 4.69) is 5.10 Å². The van der Waals surface area contributed by atoms with Crippen molar-refractivity contribution in [2.45, 2.75) is 27.4 Å². The Morgan fingerprint density at radius 2 is 2.06 bits per heavy atom. The molecule has 0 saturated carbocycles. The Morgan fingerprint density at radius 1 is 1.44 bits per heavy atom. The van der Waals surface area contributed by atoms with E-state index in [4.69, 9.17) is 5.11 Å². The summed E-state index contributed by atoms with van der Waals surface area (Å²) in [5, 5.41) is 13.7. The molecular weight excluding hydrogens is 207 g/mol. The zero-order valence-electron chi connectivity index (χ0n) is 10.1. The summed E-state index contributed by atoms with van der Waals surface area (Å²) in [6.07, 6.45) is 1.76. The number of aryl methyl sites for hydroxylation is 2. The van der Waals surface area contributed by atoms with Crippen molar-refractivity contribution in [3.8, 4) is 0 Å². The summed E-state index contributed by atoms with van der Waals surface area (Å²) in [4.78, 5) is 0. The first-order valence-corrected chi connectivity index (χ1v) is 5.35. The molecule has 1 aromatic carbocycles. The summed E-state index contributed by atoms with van der Waals surface area (Å²) in [6.45, 7) is 5.49. The van der Waals surface area contributed by atoms with E-state index in [1.165, 1.54) is 0 Å². The van der Waals surface area contributed by atoms with Crippen molar-refractivity contribution in [3.05, 3.63) is 29.2 Å². The summed E-state index contributed by atoms with van der Waals surface area (Å²) in [6, 6.07) is 1.83. The van der Waals surface area contributed by atoms with Gasteiger partial charge in [-0.3, -0.25) is 4.68 Å². The number of aliphatic hydroxyl groups is 1. The SMILES string of the molecule is CC.Cc1cc2cn(C)nc2c(F)c1CO. The van der Waals surface area contributed by atoms with Crippen LogP contribution < -0.4 is 0 Å². The van der Waals surface area contributed by atoms with Crippen LogP contribution in [0.25, 0.3) is 10.9 Å². The molecule has 0 aliphatic rings. The number of benzene rings is 1. The number of nitrogens with zero attached hydrogens (tertiary/aromatic N) is 2. The van der Waals surface area contributed by atoms with Crippen LogP contribution in [-0.2, 0) is 13.7 Å². The van der Waals surface area contributed by atoms with Crippen LogP contribution in [0.3, 0.4) is 0 Å². The molecule has 2 rings (SSSR count). The van der Waals surface area contributed by atoms with Crippen LogP contribution in [0.15, 0.2) is 12.3 Å². The molecule has 16 heavy (non-hydrogen) atoms. The van der Waals surface area contributed by atoms with E-state index in [9.17, 15) is 4.39 Å². The van der Waals surface area contributed by atoms with E-state index >= 15 is 0 Å². The molecule has 1 aromatic heterocycles. The zero-order valence-corrected chi connectivity index (χ0v) is 10.1. The first-order chi connectivity index (χ1) is 7.63. The number of hydrogen-bond donors (Lipinski definition) is 1. The van der Waals surface area contributed by atoms with E-state index in [-0.39, 0.29) is 6.61 Å². The van der Waals surface area contributed by atoms with Crippen LogP contribution in [0.5, 0.6) is 0 Å². The van der Waals surface area contributed by atoms with E-state index in [1.54, 1.807) is 24.9 Å². The predicted octanol–water partition coefficient (Wildman–Crippen LogP) is 2.54. The average Bonchev–Trinajstić information content (AvgIpc) is 2.63. The van der Waals surface area contributed by atoms with Gasteiger partial charge in [0.05, 0.1) is 6.61 Å².